The number of nitrogens with one attached hydrogen (secondary N) is 2. The van der Waals surface area contributed by atoms with E-state index in [0.717, 1.165) is 6.07 Å². The number of pyridine rings is 1. The van der Waals surface area contributed by atoms with Crippen LogP contribution >= 0.6 is 43.2 Å². The molecule has 9 nitrogen and oxygen atoms in total. The molecule has 0 spiro atoms. The summed E-state index contributed by atoms with van der Waals surface area (Å²) in [6.07, 6.45) is -3.31. The number of halogens is 5. The molecule has 178 valence electrons. The first-order chi connectivity index (χ1) is 15.9. The predicted molar refractivity (Wildman–Crippen MR) is 127 cm³/mol. The van der Waals surface area contributed by atoms with Gasteiger partial charge in [0.25, 0.3) is 11.8 Å². The molecule has 2 amide bonds. The van der Waals surface area contributed by atoms with Crippen LogP contribution in [0.2, 0.25) is 0 Å². The zero-order chi connectivity index (χ0) is 24.9. The molecule has 4 heterocycles. The van der Waals surface area contributed by atoms with Crippen molar-refractivity contribution < 1.29 is 22.8 Å². The number of aryl methyl sites for hydroxylation is 1. The van der Waals surface area contributed by atoms with Gasteiger partial charge in [0.1, 0.15) is 20.0 Å². The normalized spacial score (nSPS) is 11.9. The molecule has 0 saturated heterocycles. The number of fused-ring (bicyclic) bond motifs is 1. The topological polar surface area (TPSA) is 132 Å². The number of carbonyl (C=O) groups excluding carboxylic acids is 2. The van der Waals surface area contributed by atoms with E-state index in [9.17, 15) is 22.8 Å². The number of anilines is 1. The van der Waals surface area contributed by atoms with Crippen LogP contribution in [-0.4, -0.2) is 36.8 Å². The average molecular weight is 621 g/mol. The van der Waals surface area contributed by atoms with E-state index in [2.05, 4.69) is 57.5 Å². The van der Waals surface area contributed by atoms with Gasteiger partial charge in [0.05, 0.1) is 16.4 Å². The van der Waals surface area contributed by atoms with E-state index in [1.807, 2.05) is 6.92 Å². The van der Waals surface area contributed by atoms with Gasteiger partial charge in [-0.2, -0.15) is 23.4 Å². The molecule has 0 unspecified atom stereocenters. The Morgan fingerprint density at radius 1 is 1.29 bits per heavy atom. The molecule has 15 heteroatoms. The molecule has 0 bridgehead atoms. The zero-order valence-electron chi connectivity index (χ0n) is 17.3. The number of aromatic nitrogens is 5. The number of carbonyl (C=O) groups is 2. The highest BCUT2D eigenvalue weighted by Crippen LogP contribution is 2.44. The van der Waals surface area contributed by atoms with Gasteiger partial charge in [0, 0.05) is 23.2 Å². The van der Waals surface area contributed by atoms with Gasteiger partial charge in [-0.1, -0.05) is 0 Å². The lowest BCUT2D eigenvalue weighted by Gasteiger charge is -2.12. The first-order valence-electron chi connectivity index (χ1n) is 9.52. The standard InChI is InChI=1S/C19H14Br2F3N7O2S/c1-3-31-6(2)8(5-26-31)7-4-9(19(22,23)24)27-18-10(7)12(14(34-18)16(25)32)28-17(33)13-11(20)15(21)30-29-13/h4-5H,3H2,1-2H3,(H2,25,32)(H,28,33)(H,29,30). The van der Waals surface area contributed by atoms with Gasteiger partial charge in [-0.15, -0.1) is 11.3 Å². The second-order valence-electron chi connectivity index (χ2n) is 7.02. The van der Waals surface area contributed by atoms with Crippen LogP contribution < -0.4 is 11.1 Å². The average Bonchev–Trinajstić information content (AvgIpc) is 3.42. The highest BCUT2D eigenvalue weighted by molar-refractivity contribution is 9.13. The van der Waals surface area contributed by atoms with E-state index in [4.69, 9.17) is 5.73 Å². The van der Waals surface area contributed by atoms with Crippen LogP contribution in [0, 0.1) is 6.92 Å². The molecule has 4 aromatic rings. The third-order valence-corrected chi connectivity index (χ3v) is 7.97. The SMILES string of the molecule is CCn1ncc(-c2cc(C(F)(F)F)nc3sc(C(N)=O)c(NC(=O)c4n[nH]c(Br)c4Br)c23)c1C. The van der Waals surface area contributed by atoms with E-state index in [-0.39, 0.29) is 32.0 Å². The minimum absolute atomic E-state index is 0.0435. The van der Waals surface area contributed by atoms with Crippen LogP contribution in [0.25, 0.3) is 21.3 Å². The van der Waals surface area contributed by atoms with Gasteiger partial charge in [0.15, 0.2) is 5.69 Å². The van der Waals surface area contributed by atoms with Crippen molar-refractivity contribution in [3.8, 4) is 11.1 Å². The summed E-state index contributed by atoms with van der Waals surface area (Å²) in [5.41, 5.74) is 5.38. The highest BCUT2D eigenvalue weighted by Gasteiger charge is 2.35. The molecule has 0 radical (unpaired) electrons. The summed E-state index contributed by atoms with van der Waals surface area (Å²) >= 11 is 7.06. The van der Waals surface area contributed by atoms with Crippen LogP contribution in [0.3, 0.4) is 0 Å². The number of rotatable bonds is 5. The largest absolute Gasteiger partial charge is 0.433 e. The Labute approximate surface area is 210 Å². The van der Waals surface area contributed by atoms with Crippen LogP contribution in [0.4, 0.5) is 18.9 Å². The Hall–Kier alpha value is -2.78. The lowest BCUT2D eigenvalue weighted by molar-refractivity contribution is -0.140. The van der Waals surface area contributed by atoms with E-state index in [1.54, 1.807) is 11.6 Å². The van der Waals surface area contributed by atoms with Crippen molar-refractivity contribution in [1.29, 1.82) is 0 Å². The number of aromatic amines is 1. The fraction of sp³-hybridized carbons (Fsp3) is 0.211. The molecule has 34 heavy (non-hydrogen) atoms. The number of primary amides is 1. The Morgan fingerprint density at radius 2 is 2.00 bits per heavy atom. The molecular weight excluding hydrogens is 607 g/mol. The lowest BCUT2D eigenvalue weighted by atomic mass is 10.0. The number of nitrogens with two attached hydrogens (primary N) is 1. The first-order valence-corrected chi connectivity index (χ1v) is 11.9. The monoisotopic (exact) mass is 619 g/mol. The maximum Gasteiger partial charge on any atom is 0.433 e. The van der Waals surface area contributed by atoms with Gasteiger partial charge in [-0.05, 0) is 57.3 Å². The maximum atomic E-state index is 13.7. The van der Waals surface area contributed by atoms with Gasteiger partial charge in [0.2, 0.25) is 0 Å². The molecule has 0 aliphatic rings. The summed E-state index contributed by atoms with van der Waals surface area (Å²) in [7, 11) is 0. The third kappa shape index (κ3) is 4.11. The Balaban J connectivity index is 2.02. The Bertz CT molecular complexity index is 1460. The lowest BCUT2D eigenvalue weighted by Crippen LogP contribution is -2.17. The van der Waals surface area contributed by atoms with Crippen molar-refractivity contribution in [3.05, 3.63) is 43.3 Å². The summed E-state index contributed by atoms with van der Waals surface area (Å²) in [5.74, 6) is -1.65. The van der Waals surface area contributed by atoms with E-state index in [1.165, 1.54) is 6.20 Å². The molecular formula is C19H14Br2F3N7O2S. The minimum atomic E-state index is -4.75. The summed E-state index contributed by atoms with van der Waals surface area (Å²) < 4.78 is 43.3. The van der Waals surface area contributed by atoms with Crippen molar-refractivity contribution in [3.63, 3.8) is 0 Å². The number of hydrogen-bond acceptors (Lipinski definition) is 6. The van der Waals surface area contributed by atoms with Gasteiger partial charge < -0.3 is 11.1 Å². The second-order valence-corrected chi connectivity index (χ2v) is 9.60. The molecule has 4 N–H and O–H groups in total. The van der Waals surface area contributed by atoms with Crippen LogP contribution in [-0.2, 0) is 12.7 Å². The molecule has 0 aliphatic carbocycles. The Kier molecular flexibility index (Phi) is 6.29. The number of amides is 2. The van der Waals surface area contributed by atoms with Crippen LogP contribution in [0.5, 0.6) is 0 Å². The molecule has 0 fully saturated rings. The van der Waals surface area contributed by atoms with Crippen molar-refractivity contribution in [2.45, 2.75) is 26.6 Å². The second kappa shape index (κ2) is 8.78. The fourth-order valence-corrected chi connectivity index (χ4v) is 5.05. The molecule has 4 aromatic heterocycles. The molecule has 0 aliphatic heterocycles. The van der Waals surface area contributed by atoms with Crippen molar-refractivity contribution in [1.82, 2.24) is 25.0 Å². The fourth-order valence-electron chi connectivity index (χ4n) is 3.41. The maximum absolute atomic E-state index is 13.7. The summed E-state index contributed by atoms with van der Waals surface area (Å²) in [6, 6.07) is 0.876. The Morgan fingerprint density at radius 3 is 2.53 bits per heavy atom. The number of H-pyrrole nitrogens is 1. The van der Waals surface area contributed by atoms with Gasteiger partial charge in [-0.25, -0.2) is 4.98 Å². The summed E-state index contributed by atoms with van der Waals surface area (Å²) in [5, 5.41) is 13.4. The highest BCUT2D eigenvalue weighted by atomic mass is 79.9. The van der Waals surface area contributed by atoms with Crippen molar-refractivity contribution >= 4 is 70.9 Å². The number of alkyl halides is 3. The van der Waals surface area contributed by atoms with Crippen LogP contribution in [0.1, 0.15) is 38.5 Å². The van der Waals surface area contributed by atoms with Crippen molar-refractivity contribution in [2.75, 3.05) is 5.32 Å². The predicted octanol–water partition coefficient (Wildman–Crippen LogP) is 5.11. The molecule has 4 rings (SSSR count). The number of hydrogen-bond donors (Lipinski definition) is 3. The summed E-state index contributed by atoms with van der Waals surface area (Å²) in [6.45, 7) is 4.05. The molecule has 0 saturated carbocycles. The number of nitrogens with zero attached hydrogens (tertiary/aromatic N) is 4. The van der Waals surface area contributed by atoms with E-state index in [0.29, 0.717) is 38.2 Å². The molecule has 0 atom stereocenters. The summed E-state index contributed by atoms with van der Waals surface area (Å²) in [4.78, 5) is 28.6. The minimum Gasteiger partial charge on any atom is -0.365 e. The molecule has 0 aromatic carbocycles. The van der Waals surface area contributed by atoms with E-state index < -0.39 is 23.7 Å². The first kappa shape index (κ1) is 24.3. The van der Waals surface area contributed by atoms with Crippen LogP contribution in [0.15, 0.2) is 21.3 Å². The third-order valence-electron chi connectivity index (χ3n) is 4.99. The van der Waals surface area contributed by atoms with E-state index >= 15 is 0 Å². The smallest absolute Gasteiger partial charge is 0.365 e. The van der Waals surface area contributed by atoms with Crippen molar-refractivity contribution in [2.24, 2.45) is 5.73 Å². The number of thiophene rings is 1. The van der Waals surface area contributed by atoms with Gasteiger partial charge >= 0.3 is 6.18 Å². The van der Waals surface area contributed by atoms with Gasteiger partial charge in [-0.3, -0.25) is 19.4 Å². The zero-order valence-corrected chi connectivity index (χ0v) is 21.3. The quantitative estimate of drug-likeness (QED) is 0.285.